The summed E-state index contributed by atoms with van der Waals surface area (Å²) < 4.78 is 33.5. The minimum Gasteiger partial charge on any atom is -0.493 e. The summed E-state index contributed by atoms with van der Waals surface area (Å²) in [6.45, 7) is 8.97. The number of nitrogens with one attached hydrogen (secondary N) is 1. The van der Waals surface area contributed by atoms with Crippen LogP contribution >= 0.6 is 0 Å². The van der Waals surface area contributed by atoms with E-state index in [9.17, 15) is 8.42 Å². The molecule has 1 saturated heterocycles. The molecule has 0 saturated carbocycles. The van der Waals surface area contributed by atoms with Gasteiger partial charge in [0, 0.05) is 25.0 Å². The Morgan fingerprint density at radius 2 is 1.80 bits per heavy atom. The molecule has 1 heterocycles. The van der Waals surface area contributed by atoms with Gasteiger partial charge in [-0.2, -0.15) is 0 Å². The van der Waals surface area contributed by atoms with Crippen molar-refractivity contribution in [1.29, 1.82) is 0 Å². The summed E-state index contributed by atoms with van der Waals surface area (Å²) in [7, 11) is -3.28. The number of piperidine rings is 1. The van der Waals surface area contributed by atoms with Crippen LogP contribution in [-0.2, 0) is 16.6 Å². The van der Waals surface area contributed by atoms with Gasteiger partial charge in [0.05, 0.1) is 12.4 Å². The van der Waals surface area contributed by atoms with E-state index in [0.717, 1.165) is 25.3 Å². The van der Waals surface area contributed by atoms with Crippen LogP contribution in [0, 0.1) is 5.92 Å². The van der Waals surface area contributed by atoms with Crippen LogP contribution < -0.4 is 9.46 Å². The summed E-state index contributed by atoms with van der Waals surface area (Å²) >= 11 is 0. The Kier molecular flexibility index (Phi) is 7.92. The topological polar surface area (TPSA) is 58.6 Å². The predicted octanol–water partition coefficient (Wildman–Crippen LogP) is 4.02. The first-order chi connectivity index (χ1) is 14.4. The monoisotopic (exact) mass is 430 g/mol. The van der Waals surface area contributed by atoms with Crippen molar-refractivity contribution in [2.45, 2.75) is 45.7 Å². The number of ether oxygens (including phenoxy) is 1. The van der Waals surface area contributed by atoms with Gasteiger partial charge in [-0.15, -0.1) is 0 Å². The average molecular weight is 431 g/mol. The highest BCUT2D eigenvalue weighted by atomic mass is 32.2. The molecule has 3 rings (SSSR count). The Bertz CT molecular complexity index is 882. The molecule has 30 heavy (non-hydrogen) atoms. The zero-order valence-corrected chi connectivity index (χ0v) is 19.1. The standard InChI is InChI=1S/C24H34N2O3S/c1-4-30(27,28)25-24-17-26(16-20-8-6-5-7-9-20)15-14-22(24)18-29-23-12-10-21(11-13-23)19(2)3/h5-13,19,22,24-25H,4,14-18H2,1-3H3. The van der Waals surface area contributed by atoms with E-state index in [0.29, 0.717) is 19.1 Å². The number of likely N-dealkylation sites (tertiary alicyclic amines) is 1. The lowest BCUT2D eigenvalue weighted by atomic mass is 9.92. The van der Waals surface area contributed by atoms with Crippen molar-refractivity contribution in [3.8, 4) is 5.75 Å². The molecule has 1 fully saturated rings. The molecule has 5 nitrogen and oxygen atoms in total. The first-order valence-electron chi connectivity index (χ1n) is 10.9. The molecule has 2 atom stereocenters. The fourth-order valence-corrected chi connectivity index (χ4v) is 4.75. The van der Waals surface area contributed by atoms with Crippen molar-refractivity contribution in [3.63, 3.8) is 0 Å². The minimum atomic E-state index is -3.28. The summed E-state index contributed by atoms with van der Waals surface area (Å²) in [5.74, 6) is 1.55. The van der Waals surface area contributed by atoms with Gasteiger partial charge >= 0.3 is 0 Å². The molecule has 0 aromatic heterocycles. The quantitative estimate of drug-likeness (QED) is 0.653. The van der Waals surface area contributed by atoms with E-state index in [2.05, 4.69) is 47.7 Å². The van der Waals surface area contributed by atoms with Crippen LogP contribution in [0.15, 0.2) is 54.6 Å². The molecular formula is C24H34N2O3S. The fraction of sp³-hybridized carbons (Fsp3) is 0.500. The molecule has 0 spiro atoms. The fourth-order valence-electron chi connectivity index (χ4n) is 3.85. The van der Waals surface area contributed by atoms with Gasteiger partial charge in [0.15, 0.2) is 0 Å². The van der Waals surface area contributed by atoms with Gasteiger partial charge < -0.3 is 4.74 Å². The normalized spacial score (nSPS) is 20.4. The van der Waals surface area contributed by atoms with Gasteiger partial charge in [0.1, 0.15) is 5.75 Å². The SMILES string of the molecule is CCS(=O)(=O)NC1CN(Cc2ccccc2)CCC1COc1ccc(C(C)C)cc1. The maximum atomic E-state index is 12.3. The smallest absolute Gasteiger partial charge is 0.211 e. The summed E-state index contributed by atoms with van der Waals surface area (Å²) in [6.07, 6.45) is 0.897. The number of rotatable bonds is 9. The molecule has 2 unspecified atom stereocenters. The van der Waals surface area contributed by atoms with Crippen LogP contribution in [0.25, 0.3) is 0 Å². The zero-order chi connectivity index (χ0) is 21.6. The third-order valence-electron chi connectivity index (χ3n) is 5.81. The third kappa shape index (κ3) is 6.56. The van der Waals surface area contributed by atoms with E-state index < -0.39 is 10.0 Å². The van der Waals surface area contributed by atoms with Gasteiger partial charge in [-0.3, -0.25) is 4.90 Å². The Morgan fingerprint density at radius 1 is 1.10 bits per heavy atom. The van der Waals surface area contributed by atoms with Crippen LogP contribution in [-0.4, -0.2) is 44.8 Å². The maximum Gasteiger partial charge on any atom is 0.211 e. The number of sulfonamides is 1. The molecule has 1 aliphatic heterocycles. The molecular weight excluding hydrogens is 396 g/mol. The second-order valence-electron chi connectivity index (χ2n) is 8.43. The average Bonchev–Trinajstić information content (AvgIpc) is 2.74. The van der Waals surface area contributed by atoms with E-state index in [1.807, 2.05) is 30.3 Å². The highest BCUT2D eigenvalue weighted by molar-refractivity contribution is 7.89. The third-order valence-corrected chi connectivity index (χ3v) is 7.23. The Hall–Kier alpha value is -1.89. The zero-order valence-electron chi connectivity index (χ0n) is 18.3. The van der Waals surface area contributed by atoms with Crippen LogP contribution in [0.5, 0.6) is 5.75 Å². The van der Waals surface area contributed by atoms with Gasteiger partial charge in [-0.1, -0.05) is 56.3 Å². The minimum absolute atomic E-state index is 0.0897. The molecule has 164 valence electrons. The molecule has 0 aliphatic carbocycles. The largest absolute Gasteiger partial charge is 0.493 e. The molecule has 0 amide bonds. The molecule has 2 aromatic rings. The lowest BCUT2D eigenvalue weighted by Crippen LogP contribution is -2.53. The first-order valence-corrected chi connectivity index (χ1v) is 12.5. The lowest BCUT2D eigenvalue weighted by Gasteiger charge is -2.38. The van der Waals surface area contributed by atoms with E-state index in [4.69, 9.17) is 4.74 Å². The van der Waals surface area contributed by atoms with Crippen molar-refractivity contribution in [2.75, 3.05) is 25.4 Å². The number of nitrogens with zero attached hydrogens (tertiary/aromatic N) is 1. The summed E-state index contributed by atoms with van der Waals surface area (Å²) in [5.41, 5.74) is 2.53. The molecule has 2 aromatic carbocycles. The summed E-state index contributed by atoms with van der Waals surface area (Å²) in [6, 6.07) is 18.4. The highest BCUT2D eigenvalue weighted by Crippen LogP contribution is 2.23. The van der Waals surface area contributed by atoms with Crippen molar-refractivity contribution in [1.82, 2.24) is 9.62 Å². The maximum absolute atomic E-state index is 12.3. The van der Waals surface area contributed by atoms with E-state index >= 15 is 0 Å². The predicted molar refractivity (Wildman–Crippen MR) is 122 cm³/mol. The van der Waals surface area contributed by atoms with Gasteiger partial charge in [0.2, 0.25) is 10.0 Å². The van der Waals surface area contributed by atoms with Crippen LogP contribution in [0.3, 0.4) is 0 Å². The molecule has 0 bridgehead atoms. The Morgan fingerprint density at radius 3 is 2.43 bits per heavy atom. The van der Waals surface area contributed by atoms with Gasteiger partial charge in [-0.25, -0.2) is 13.1 Å². The first kappa shape index (κ1) is 22.8. The Balaban J connectivity index is 1.64. The van der Waals surface area contributed by atoms with Crippen LogP contribution in [0.2, 0.25) is 0 Å². The summed E-state index contributed by atoms with van der Waals surface area (Å²) in [4.78, 5) is 2.33. The number of benzene rings is 2. The van der Waals surface area contributed by atoms with Crippen LogP contribution in [0.1, 0.15) is 44.2 Å². The molecule has 1 aliphatic rings. The Labute approximate surface area is 181 Å². The van der Waals surface area contributed by atoms with Gasteiger partial charge in [-0.05, 0) is 49.1 Å². The lowest BCUT2D eigenvalue weighted by molar-refractivity contribution is 0.109. The van der Waals surface area contributed by atoms with Crippen LogP contribution in [0.4, 0.5) is 0 Å². The number of hydrogen-bond donors (Lipinski definition) is 1. The molecule has 1 N–H and O–H groups in total. The van der Waals surface area contributed by atoms with E-state index in [-0.39, 0.29) is 17.7 Å². The van der Waals surface area contributed by atoms with Crippen molar-refractivity contribution >= 4 is 10.0 Å². The van der Waals surface area contributed by atoms with Crippen molar-refractivity contribution < 1.29 is 13.2 Å². The van der Waals surface area contributed by atoms with Crippen molar-refractivity contribution in [3.05, 3.63) is 65.7 Å². The van der Waals surface area contributed by atoms with Gasteiger partial charge in [0.25, 0.3) is 0 Å². The number of hydrogen-bond acceptors (Lipinski definition) is 4. The second kappa shape index (κ2) is 10.4. The van der Waals surface area contributed by atoms with E-state index in [1.54, 1.807) is 6.92 Å². The van der Waals surface area contributed by atoms with E-state index in [1.165, 1.54) is 11.1 Å². The molecule has 6 heteroatoms. The molecule has 0 radical (unpaired) electrons. The summed E-state index contributed by atoms with van der Waals surface area (Å²) in [5, 5.41) is 0. The second-order valence-corrected chi connectivity index (χ2v) is 10.5. The highest BCUT2D eigenvalue weighted by Gasteiger charge is 2.32. The van der Waals surface area contributed by atoms with Crippen molar-refractivity contribution in [2.24, 2.45) is 5.92 Å².